The molecule has 0 radical (unpaired) electrons. The van der Waals surface area contributed by atoms with Crippen LogP contribution in [0.5, 0.6) is 0 Å². The van der Waals surface area contributed by atoms with Gasteiger partial charge in [0.1, 0.15) is 12.1 Å². The van der Waals surface area contributed by atoms with Crippen LogP contribution in [0.1, 0.15) is 25.0 Å². The van der Waals surface area contributed by atoms with Crippen molar-refractivity contribution < 1.29 is 24.3 Å². The molecule has 0 saturated carbocycles. The zero-order valence-electron chi connectivity index (χ0n) is 19.0. The average Bonchev–Trinajstić information content (AvgIpc) is 3.29. The third-order valence-corrected chi connectivity index (χ3v) is 5.23. The van der Waals surface area contributed by atoms with Gasteiger partial charge in [-0.2, -0.15) is 11.8 Å². The van der Waals surface area contributed by atoms with Gasteiger partial charge in [0.15, 0.2) is 5.96 Å². The van der Waals surface area contributed by atoms with Gasteiger partial charge in [-0.25, -0.2) is 9.78 Å². The fraction of sp³-hybridized carbons (Fsp3) is 0.579. The number of carbonyl (C=O) groups excluding carboxylic acids is 3. The molecule has 0 aliphatic rings. The number of hydrogen-bond donors (Lipinski definition) is 8. The number of aliphatic carboxylic acids is 1. The van der Waals surface area contributed by atoms with Crippen molar-refractivity contribution in [2.75, 3.05) is 25.1 Å². The molecule has 0 fully saturated rings. The zero-order valence-corrected chi connectivity index (χ0v) is 19.8. The lowest BCUT2D eigenvalue weighted by molar-refractivity contribution is -0.142. The Morgan fingerprint density at radius 2 is 1.91 bits per heavy atom. The largest absolute Gasteiger partial charge is 0.480 e. The highest BCUT2D eigenvalue weighted by Gasteiger charge is 2.27. The van der Waals surface area contributed by atoms with Gasteiger partial charge in [-0.05, 0) is 31.3 Å². The number of thioether (sulfide) groups is 1. The summed E-state index contributed by atoms with van der Waals surface area (Å²) in [5, 5.41) is 16.7. The molecule has 1 rings (SSSR count). The molecule has 34 heavy (non-hydrogen) atoms. The van der Waals surface area contributed by atoms with E-state index in [2.05, 4.69) is 30.9 Å². The van der Waals surface area contributed by atoms with Gasteiger partial charge in [0.2, 0.25) is 17.7 Å². The number of aromatic amines is 1. The quantitative estimate of drug-likeness (QED) is 0.0662. The molecule has 3 unspecified atom stereocenters. The van der Waals surface area contributed by atoms with Crippen molar-refractivity contribution in [3.8, 4) is 0 Å². The number of carbonyl (C=O) groups is 4. The number of nitrogens with zero attached hydrogens (tertiary/aromatic N) is 2. The van der Waals surface area contributed by atoms with Crippen molar-refractivity contribution in [2.24, 2.45) is 22.2 Å². The van der Waals surface area contributed by atoms with Crippen LogP contribution in [0.2, 0.25) is 0 Å². The number of H-pyrrole nitrogens is 1. The molecular formula is C19H33N9O5S. The van der Waals surface area contributed by atoms with E-state index in [1.165, 1.54) is 24.3 Å². The van der Waals surface area contributed by atoms with Crippen molar-refractivity contribution >= 4 is 41.4 Å². The van der Waals surface area contributed by atoms with E-state index in [1.54, 1.807) is 0 Å². The van der Waals surface area contributed by atoms with Crippen molar-refractivity contribution in [1.82, 2.24) is 25.9 Å². The van der Waals surface area contributed by atoms with E-state index in [1.807, 2.05) is 6.26 Å². The number of rotatable bonds is 16. The van der Waals surface area contributed by atoms with Crippen LogP contribution in [-0.4, -0.2) is 87.9 Å². The third kappa shape index (κ3) is 11.5. The summed E-state index contributed by atoms with van der Waals surface area (Å²) < 4.78 is 0. The highest BCUT2D eigenvalue weighted by molar-refractivity contribution is 7.98. The molecule has 0 aliphatic carbocycles. The topological polar surface area (TPSA) is 244 Å². The SMILES string of the molecule is CSCCC(NC(=O)C(Cc1cnc[nH]1)NC(=O)CNC(=O)C(N)CCCN=C(N)N)C(=O)O. The Labute approximate surface area is 201 Å². The zero-order chi connectivity index (χ0) is 25.5. The number of aromatic nitrogens is 2. The second-order valence-corrected chi connectivity index (χ2v) is 8.34. The minimum Gasteiger partial charge on any atom is -0.480 e. The van der Waals surface area contributed by atoms with Crippen LogP contribution in [0.4, 0.5) is 0 Å². The molecule has 14 nitrogen and oxygen atoms in total. The maximum Gasteiger partial charge on any atom is 0.326 e. The second kappa shape index (κ2) is 15.5. The van der Waals surface area contributed by atoms with E-state index in [4.69, 9.17) is 17.2 Å². The number of carboxylic acid groups (broad SMARTS) is 1. The Hall–Kier alpha value is -3.33. The van der Waals surface area contributed by atoms with Crippen LogP contribution in [0.3, 0.4) is 0 Å². The Kier molecular flexibility index (Phi) is 13.1. The first kappa shape index (κ1) is 28.7. The van der Waals surface area contributed by atoms with Gasteiger partial charge in [-0.15, -0.1) is 0 Å². The fourth-order valence-corrected chi connectivity index (χ4v) is 3.26. The van der Waals surface area contributed by atoms with Gasteiger partial charge in [-0.3, -0.25) is 19.4 Å². The monoisotopic (exact) mass is 499 g/mol. The summed E-state index contributed by atoms with van der Waals surface area (Å²) in [5.41, 5.74) is 16.8. The number of carboxylic acids is 1. The van der Waals surface area contributed by atoms with Gasteiger partial charge in [0, 0.05) is 24.9 Å². The molecule has 3 atom stereocenters. The minimum atomic E-state index is -1.17. The first-order chi connectivity index (χ1) is 16.1. The smallest absolute Gasteiger partial charge is 0.326 e. The molecule has 11 N–H and O–H groups in total. The number of imidazole rings is 1. The summed E-state index contributed by atoms with van der Waals surface area (Å²) in [5.74, 6) is -2.54. The Bertz CT molecular complexity index is 830. The minimum absolute atomic E-state index is 0.0463. The van der Waals surface area contributed by atoms with E-state index in [-0.39, 0.29) is 18.8 Å². The molecule has 15 heteroatoms. The van der Waals surface area contributed by atoms with Crippen LogP contribution in [0.15, 0.2) is 17.5 Å². The van der Waals surface area contributed by atoms with E-state index < -0.39 is 48.4 Å². The molecule has 0 aliphatic heterocycles. The lowest BCUT2D eigenvalue weighted by Gasteiger charge is -2.21. The van der Waals surface area contributed by atoms with Crippen LogP contribution in [-0.2, 0) is 25.6 Å². The van der Waals surface area contributed by atoms with Gasteiger partial charge in [0.05, 0.1) is 18.9 Å². The van der Waals surface area contributed by atoms with Gasteiger partial charge in [-0.1, -0.05) is 0 Å². The summed E-state index contributed by atoms with van der Waals surface area (Å²) in [7, 11) is 0. The first-order valence-corrected chi connectivity index (χ1v) is 11.9. The predicted molar refractivity (Wildman–Crippen MR) is 128 cm³/mol. The van der Waals surface area contributed by atoms with Gasteiger partial charge >= 0.3 is 5.97 Å². The molecule has 1 aromatic heterocycles. The second-order valence-electron chi connectivity index (χ2n) is 7.36. The molecular weight excluding hydrogens is 466 g/mol. The number of hydrogen-bond acceptors (Lipinski definition) is 8. The summed E-state index contributed by atoms with van der Waals surface area (Å²) in [6.07, 6.45) is 5.78. The molecule has 0 aromatic carbocycles. The van der Waals surface area contributed by atoms with Gasteiger partial charge < -0.3 is 43.2 Å². The Morgan fingerprint density at radius 1 is 1.18 bits per heavy atom. The number of amides is 3. The lowest BCUT2D eigenvalue weighted by Crippen LogP contribution is -2.54. The Balaban J connectivity index is 2.66. The maximum absolute atomic E-state index is 12.8. The predicted octanol–water partition coefficient (Wildman–Crippen LogP) is -2.74. The Morgan fingerprint density at radius 3 is 2.50 bits per heavy atom. The van der Waals surface area contributed by atoms with Crippen molar-refractivity contribution in [1.29, 1.82) is 0 Å². The molecule has 0 bridgehead atoms. The van der Waals surface area contributed by atoms with Crippen LogP contribution >= 0.6 is 11.8 Å². The number of nitrogens with one attached hydrogen (secondary N) is 4. The van der Waals surface area contributed by atoms with E-state index in [9.17, 15) is 24.3 Å². The van der Waals surface area contributed by atoms with Crippen LogP contribution < -0.4 is 33.2 Å². The summed E-state index contributed by atoms with van der Waals surface area (Å²) in [6, 6.07) is -3.05. The molecule has 1 heterocycles. The van der Waals surface area contributed by atoms with Crippen molar-refractivity contribution in [3.63, 3.8) is 0 Å². The van der Waals surface area contributed by atoms with Crippen molar-refractivity contribution in [3.05, 3.63) is 18.2 Å². The standard InChI is InChI=1S/C19H33N9O5S/c1-34-6-4-13(18(32)33)28-17(31)14(7-11-8-23-10-26-11)27-15(29)9-25-16(30)12(20)3-2-5-24-19(21)22/h8,10,12-14H,2-7,9,20H2,1H3,(H,23,26)(H,25,30)(H,27,29)(H,28,31)(H,32,33)(H4,21,22,24). The van der Waals surface area contributed by atoms with Crippen molar-refractivity contribution in [2.45, 2.75) is 43.8 Å². The highest BCUT2D eigenvalue weighted by Crippen LogP contribution is 2.04. The van der Waals surface area contributed by atoms with Crippen LogP contribution in [0, 0.1) is 0 Å². The number of aliphatic imine (C=N–C) groups is 1. The number of guanidine groups is 1. The normalized spacial score (nSPS) is 13.2. The average molecular weight is 500 g/mol. The molecule has 190 valence electrons. The maximum atomic E-state index is 12.8. The molecule has 0 saturated heterocycles. The third-order valence-electron chi connectivity index (χ3n) is 4.58. The van der Waals surface area contributed by atoms with Gasteiger partial charge in [0.25, 0.3) is 0 Å². The summed E-state index contributed by atoms with van der Waals surface area (Å²) in [4.78, 5) is 59.2. The molecule has 1 aromatic rings. The summed E-state index contributed by atoms with van der Waals surface area (Å²) in [6.45, 7) is -0.0928. The summed E-state index contributed by atoms with van der Waals surface area (Å²) >= 11 is 1.45. The van der Waals surface area contributed by atoms with E-state index in [0.29, 0.717) is 30.8 Å². The van der Waals surface area contributed by atoms with E-state index in [0.717, 1.165) is 0 Å². The molecule has 0 spiro atoms. The van der Waals surface area contributed by atoms with Crippen LogP contribution in [0.25, 0.3) is 0 Å². The molecule has 3 amide bonds. The highest BCUT2D eigenvalue weighted by atomic mass is 32.2. The number of nitrogens with two attached hydrogens (primary N) is 3. The van der Waals surface area contributed by atoms with E-state index >= 15 is 0 Å². The lowest BCUT2D eigenvalue weighted by atomic mass is 10.1. The fourth-order valence-electron chi connectivity index (χ4n) is 2.79. The first-order valence-electron chi connectivity index (χ1n) is 10.5.